The van der Waals surface area contributed by atoms with Crippen LogP contribution in [0.25, 0.3) is 5.76 Å². The van der Waals surface area contributed by atoms with Crippen LogP contribution in [-0.2, 0) is 66.6 Å². The van der Waals surface area contributed by atoms with Crippen LogP contribution in [0, 0.1) is 17.7 Å². The van der Waals surface area contributed by atoms with Gasteiger partial charge >= 0.3 is 0 Å². The van der Waals surface area contributed by atoms with Gasteiger partial charge in [0.05, 0.1) is 11.6 Å². The zero-order chi connectivity index (χ0) is 31.5. The Bertz CT molecular complexity index is 1620. The maximum atomic E-state index is 14.1. The number of phenols is 1. The summed E-state index contributed by atoms with van der Waals surface area (Å²) in [5.41, 5.74) is 3.63. The molecule has 2 aromatic carbocycles. The number of Topliss-reactive ketones (excluding diaryl/α,β-unsaturated/α-hetero) is 2. The third kappa shape index (κ3) is 5.16. The number of ketones is 2. The van der Waals surface area contributed by atoms with Crippen molar-refractivity contribution in [3.05, 3.63) is 75.3 Å². The molecule has 0 aromatic heterocycles. The zero-order valence-corrected chi connectivity index (χ0v) is 27.7. The molecule has 0 aliphatic heterocycles. The van der Waals surface area contributed by atoms with E-state index in [0.717, 1.165) is 0 Å². The fraction of sp³-hybridized carbons (Fsp3) is 0.387. The summed E-state index contributed by atoms with van der Waals surface area (Å²) < 4.78 is 14.1. The van der Waals surface area contributed by atoms with Gasteiger partial charge in [0.25, 0.3) is 5.91 Å². The second-order valence-electron chi connectivity index (χ2n) is 11.8. The maximum Gasteiger partial charge on any atom is 0.255 e. The van der Waals surface area contributed by atoms with Gasteiger partial charge in [-0.1, -0.05) is 18.2 Å². The number of aliphatic hydroxyl groups excluding tert-OH is 2. The number of carbonyl (C=O) groups excluding carboxylic acids is 3. The molecule has 11 nitrogen and oxygen atoms in total. The van der Waals surface area contributed by atoms with E-state index >= 15 is 0 Å². The zero-order valence-electron chi connectivity index (χ0n) is 24.9. The molecule has 5 rings (SSSR count). The number of aromatic hydroxyl groups is 1. The van der Waals surface area contributed by atoms with E-state index in [1.54, 1.807) is 57.4 Å². The Morgan fingerprint density at radius 3 is 2.32 bits per heavy atom. The van der Waals surface area contributed by atoms with E-state index in [9.17, 15) is 39.2 Å². The number of carbonyl (C=O) groups is 3. The number of rotatable bonds is 7. The van der Waals surface area contributed by atoms with Gasteiger partial charge < -0.3 is 36.4 Å². The summed E-state index contributed by atoms with van der Waals surface area (Å²) in [6.07, 6.45) is 0.184. The predicted molar refractivity (Wildman–Crippen MR) is 156 cm³/mol. The van der Waals surface area contributed by atoms with Crippen molar-refractivity contribution in [3.8, 4) is 5.75 Å². The number of halogens is 1. The van der Waals surface area contributed by atoms with Gasteiger partial charge in [-0.2, -0.15) is 0 Å². The first-order valence-electron chi connectivity index (χ1n) is 13.9. The average molecular weight is 684 g/mol. The van der Waals surface area contributed by atoms with Crippen LogP contribution in [0.15, 0.2) is 47.2 Å². The molecule has 13 heteroatoms. The average Bonchev–Trinajstić information content (AvgIpc) is 2.92. The molecule has 2 aromatic rings. The van der Waals surface area contributed by atoms with Crippen LogP contribution >= 0.6 is 0 Å². The van der Waals surface area contributed by atoms with Gasteiger partial charge in [0, 0.05) is 88.2 Å². The van der Waals surface area contributed by atoms with Gasteiger partial charge in [-0.25, -0.2) is 4.39 Å². The van der Waals surface area contributed by atoms with Gasteiger partial charge in [0.15, 0.2) is 11.4 Å². The van der Waals surface area contributed by atoms with E-state index in [1.807, 2.05) is 0 Å². The van der Waals surface area contributed by atoms with Gasteiger partial charge in [-0.05, 0) is 50.6 Å². The van der Waals surface area contributed by atoms with Crippen LogP contribution in [0.3, 0.4) is 0 Å². The third-order valence-electron chi connectivity index (χ3n) is 8.85. The van der Waals surface area contributed by atoms with E-state index in [0.29, 0.717) is 22.4 Å². The Hall–Kier alpha value is -3.16. The molecule has 1 saturated carbocycles. The van der Waals surface area contributed by atoms with E-state index in [-0.39, 0.29) is 81.3 Å². The summed E-state index contributed by atoms with van der Waals surface area (Å²) in [6, 6.07) is 6.88. The van der Waals surface area contributed by atoms with Crippen molar-refractivity contribution in [3.63, 3.8) is 0 Å². The number of benzene rings is 2. The molecular formula is C31H35FN4O7Y. The van der Waals surface area contributed by atoms with Crippen molar-refractivity contribution < 1.29 is 71.9 Å². The Morgan fingerprint density at radius 1 is 1.09 bits per heavy atom. The molecule has 0 saturated heterocycles. The Labute approximate surface area is 279 Å². The molecule has 1 fully saturated rings. The summed E-state index contributed by atoms with van der Waals surface area (Å²) in [6.45, 7) is 0.264. The van der Waals surface area contributed by atoms with Crippen molar-refractivity contribution in [1.82, 2.24) is 10.2 Å². The van der Waals surface area contributed by atoms with E-state index < -0.39 is 58.0 Å². The van der Waals surface area contributed by atoms with Crippen molar-refractivity contribution in [2.45, 2.75) is 37.6 Å². The second kappa shape index (κ2) is 12.3. The molecule has 3 aliphatic rings. The summed E-state index contributed by atoms with van der Waals surface area (Å²) >= 11 is 0. The van der Waals surface area contributed by atoms with Crippen LogP contribution in [0.4, 0.5) is 10.1 Å². The fourth-order valence-electron chi connectivity index (χ4n) is 6.85. The van der Waals surface area contributed by atoms with Gasteiger partial charge in [0.2, 0.25) is 5.78 Å². The first-order chi connectivity index (χ1) is 20.2. The minimum atomic E-state index is -2.70. The standard InChI is InChI=1S/C31H35FN4O7.Y/c1-35(2)20-11-16(13-34-12-14-7-5-6-8-19(14)32)25(37)22-17(20)9-15-10-18-24(36(3)4)27(39)23(30(33)42)29(41)31(18,43)28(40)21(15)26(22)38;/h5-8,11,15,18,24,34,37-38,41,43H,9-10,12-13H2,1-4H3,(H2,33,42);/t15-,18-,24+,31-;/m0./s1. The Kier molecular flexibility index (Phi) is 9.45. The van der Waals surface area contributed by atoms with E-state index in [1.165, 1.54) is 11.0 Å². The minimum absolute atomic E-state index is 0. The molecule has 3 aliphatic carbocycles. The van der Waals surface area contributed by atoms with Crippen molar-refractivity contribution >= 4 is 28.9 Å². The monoisotopic (exact) mass is 683 g/mol. The smallest absolute Gasteiger partial charge is 0.255 e. The number of amides is 1. The number of nitrogens with two attached hydrogens (primary N) is 1. The van der Waals surface area contributed by atoms with Crippen LogP contribution in [0.2, 0.25) is 0 Å². The van der Waals surface area contributed by atoms with Crippen molar-refractivity contribution in [1.29, 1.82) is 0 Å². The molecule has 1 radical (unpaired) electrons. The van der Waals surface area contributed by atoms with Crippen LogP contribution in [0.5, 0.6) is 5.75 Å². The number of fused-ring (bicyclic) bond motifs is 3. The number of likely N-dealkylation sites (N-methyl/N-ethyl adjacent to an activating group) is 1. The molecule has 231 valence electrons. The molecule has 1 amide bonds. The first kappa shape index (κ1) is 33.7. The van der Waals surface area contributed by atoms with E-state index in [4.69, 9.17) is 5.73 Å². The Balaban J connectivity index is 0.00000442. The fourth-order valence-corrected chi connectivity index (χ4v) is 6.85. The number of hydrogen-bond donors (Lipinski definition) is 6. The number of hydrogen-bond acceptors (Lipinski definition) is 10. The van der Waals surface area contributed by atoms with Crippen molar-refractivity contribution in [2.75, 3.05) is 33.1 Å². The molecule has 4 atom stereocenters. The summed E-state index contributed by atoms with van der Waals surface area (Å²) in [5.74, 6) is -7.35. The molecule has 0 bridgehead atoms. The van der Waals surface area contributed by atoms with E-state index in [2.05, 4.69) is 5.32 Å². The summed E-state index contributed by atoms with van der Waals surface area (Å²) in [7, 11) is 6.69. The number of phenolic OH excluding ortho intramolecular Hbond substituents is 1. The molecule has 44 heavy (non-hydrogen) atoms. The molecule has 0 heterocycles. The SMILES string of the molecule is CN(C)c1cc(CNCc2ccccc2F)c(O)c2c1C[C@H]1C[C@H]3[C@@H](N(C)C)C(=O)C(C(N)=O)=C(O)[C@@]3(O)C(=O)C1=C2O.[Y]. The largest absolute Gasteiger partial charge is 0.508 e. The maximum absolute atomic E-state index is 14.1. The third-order valence-corrected chi connectivity index (χ3v) is 8.85. The first-order valence-corrected chi connectivity index (χ1v) is 13.9. The van der Waals surface area contributed by atoms with Crippen LogP contribution < -0.4 is 16.0 Å². The molecule has 0 unspecified atom stereocenters. The number of aliphatic hydroxyl groups is 3. The van der Waals surface area contributed by atoms with Gasteiger partial charge in [-0.3, -0.25) is 19.3 Å². The quantitative estimate of drug-likeness (QED) is 0.235. The Morgan fingerprint density at radius 2 is 1.73 bits per heavy atom. The minimum Gasteiger partial charge on any atom is -0.508 e. The van der Waals surface area contributed by atoms with Crippen LogP contribution in [0.1, 0.15) is 28.7 Å². The number of primary amides is 1. The van der Waals surface area contributed by atoms with Gasteiger partial charge in [0.1, 0.15) is 28.7 Å². The normalized spacial score (nSPS) is 24.5. The van der Waals surface area contributed by atoms with Crippen molar-refractivity contribution in [2.24, 2.45) is 17.6 Å². The molecular weight excluding hydrogens is 648 g/mol. The second-order valence-corrected chi connectivity index (χ2v) is 11.8. The predicted octanol–water partition coefficient (Wildman–Crippen LogP) is 1.46. The van der Waals surface area contributed by atoms with Crippen LogP contribution in [-0.4, -0.2) is 82.6 Å². The number of nitrogens with zero attached hydrogens (tertiary/aromatic N) is 2. The number of nitrogens with one attached hydrogen (secondary N) is 1. The molecule has 7 N–H and O–H groups in total. The summed E-state index contributed by atoms with van der Waals surface area (Å²) in [4.78, 5) is 42.8. The molecule has 0 spiro atoms. The topological polar surface area (TPSA) is 177 Å². The summed E-state index contributed by atoms with van der Waals surface area (Å²) in [5, 5.41) is 48.9. The number of anilines is 1. The van der Waals surface area contributed by atoms with Gasteiger partial charge in [-0.15, -0.1) is 0 Å².